The number of rotatable bonds is 0. The molecule has 0 radical (unpaired) electrons. The number of nitrogens with zero attached hydrogens (tertiary/aromatic N) is 2. The summed E-state index contributed by atoms with van der Waals surface area (Å²) in [5.41, 5.74) is 13.4. The van der Waals surface area contributed by atoms with Gasteiger partial charge in [0, 0.05) is 11.1 Å². The first-order valence-electron chi connectivity index (χ1n) is 4.59. The van der Waals surface area contributed by atoms with Gasteiger partial charge in [-0.25, -0.2) is 9.97 Å². The molecule has 14 heavy (non-hydrogen) atoms. The monoisotopic (exact) mass is 190 g/mol. The maximum atomic E-state index is 6.00. The molecular formula is C10H14N4. The Morgan fingerprint density at radius 3 is 2.86 bits per heavy atom. The third kappa shape index (κ3) is 1.48. The average molecular weight is 190 g/mol. The van der Waals surface area contributed by atoms with Crippen molar-refractivity contribution in [2.24, 2.45) is 5.73 Å². The largest absolute Gasteiger partial charge is 0.383 e. The van der Waals surface area contributed by atoms with E-state index in [4.69, 9.17) is 11.5 Å². The lowest BCUT2D eigenvalue weighted by Crippen LogP contribution is -2.38. The Balaban J connectivity index is 2.56. The third-order valence-electron chi connectivity index (χ3n) is 2.36. The summed E-state index contributed by atoms with van der Waals surface area (Å²) in [6, 6.07) is 0. The molecule has 4 heteroatoms. The first-order chi connectivity index (χ1) is 6.48. The Hall–Kier alpha value is -1.42. The van der Waals surface area contributed by atoms with Gasteiger partial charge in [0.25, 0.3) is 0 Å². The zero-order valence-electron chi connectivity index (χ0n) is 8.41. The first kappa shape index (κ1) is 9.15. The van der Waals surface area contributed by atoms with Crippen LogP contribution in [0.1, 0.15) is 24.0 Å². The number of aryl methyl sites for hydroxylation is 1. The Bertz CT molecular complexity index is 407. The van der Waals surface area contributed by atoms with Crippen molar-refractivity contribution in [2.75, 3.05) is 5.73 Å². The van der Waals surface area contributed by atoms with Crippen molar-refractivity contribution in [3.8, 4) is 0 Å². The van der Waals surface area contributed by atoms with Gasteiger partial charge >= 0.3 is 0 Å². The lowest BCUT2D eigenvalue weighted by molar-refractivity contribution is 0.575. The average Bonchev–Trinajstić information content (AvgIpc) is 2.06. The molecule has 2 rings (SSSR count). The highest BCUT2D eigenvalue weighted by Crippen LogP contribution is 2.25. The molecule has 1 aliphatic carbocycles. The number of nitrogens with two attached hydrogens (primary N) is 2. The highest BCUT2D eigenvalue weighted by Gasteiger charge is 2.24. The van der Waals surface area contributed by atoms with Crippen molar-refractivity contribution in [1.29, 1.82) is 0 Å². The van der Waals surface area contributed by atoms with Crippen LogP contribution >= 0.6 is 0 Å². The predicted molar refractivity (Wildman–Crippen MR) is 56.5 cm³/mol. The molecule has 1 aromatic heterocycles. The minimum Gasteiger partial charge on any atom is -0.383 e. The van der Waals surface area contributed by atoms with Gasteiger partial charge in [-0.1, -0.05) is 6.08 Å². The summed E-state index contributed by atoms with van der Waals surface area (Å²) in [5, 5.41) is 0. The van der Waals surface area contributed by atoms with Crippen LogP contribution in [0.2, 0.25) is 0 Å². The van der Waals surface area contributed by atoms with Crippen LogP contribution in [0.3, 0.4) is 0 Å². The molecule has 0 saturated carbocycles. The van der Waals surface area contributed by atoms with Gasteiger partial charge in [0.2, 0.25) is 0 Å². The highest BCUT2D eigenvalue weighted by atomic mass is 15.0. The van der Waals surface area contributed by atoms with E-state index in [2.05, 4.69) is 9.97 Å². The molecule has 0 spiro atoms. The lowest BCUT2D eigenvalue weighted by atomic mass is 9.88. The summed E-state index contributed by atoms with van der Waals surface area (Å²) in [5.74, 6) is 1.25. The van der Waals surface area contributed by atoms with Gasteiger partial charge in [-0.15, -0.1) is 0 Å². The maximum Gasteiger partial charge on any atom is 0.130 e. The summed E-state index contributed by atoms with van der Waals surface area (Å²) >= 11 is 0. The highest BCUT2D eigenvalue weighted by molar-refractivity contribution is 5.61. The van der Waals surface area contributed by atoms with Gasteiger partial charge < -0.3 is 11.5 Å². The van der Waals surface area contributed by atoms with Crippen LogP contribution in [-0.2, 0) is 6.42 Å². The lowest BCUT2D eigenvalue weighted by Gasteiger charge is -2.25. The molecule has 0 amide bonds. The second-order valence-corrected chi connectivity index (χ2v) is 4.04. The van der Waals surface area contributed by atoms with Gasteiger partial charge in [0.05, 0.1) is 5.69 Å². The van der Waals surface area contributed by atoms with Crippen molar-refractivity contribution in [3.63, 3.8) is 0 Å². The molecule has 0 aromatic carbocycles. The van der Waals surface area contributed by atoms with E-state index in [1.165, 1.54) is 0 Å². The molecule has 4 N–H and O–H groups in total. The zero-order chi connectivity index (χ0) is 10.3. The fourth-order valence-electron chi connectivity index (χ4n) is 1.67. The summed E-state index contributed by atoms with van der Waals surface area (Å²) in [4.78, 5) is 8.44. The molecular weight excluding hydrogens is 176 g/mol. The van der Waals surface area contributed by atoms with Gasteiger partial charge in [0.15, 0.2) is 0 Å². The van der Waals surface area contributed by atoms with Crippen LogP contribution in [0.15, 0.2) is 6.08 Å². The van der Waals surface area contributed by atoms with Crippen LogP contribution in [0, 0.1) is 6.92 Å². The van der Waals surface area contributed by atoms with Crippen molar-refractivity contribution in [3.05, 3.63) is 23.2 Å². The number of aromatic nitrogens is 2. The smallest absolute Gasteiger partial charge is 0.130 e. The summed E-state index contributed by atoms with van der Waals surface area (Å²) in [7, 11) is 0. The van der Waals surface area contributed by atoms with Crippen molar-refractivity contribution in [2.45, 2.75) is 25.8 Å². The minimum absolute atomic E-state index is 0.334. The van der Waals surface area contributed by atoms with E-state index in [0.29, 0.717) is 18.1 Å². The van der Waals surface area contributed by atoms with Crippen molar-refractivity contribution >= 4 is 11.9 Å². The number of hydrogen-bond acceptors (Lipinski definition) is 4. The Morgan fingerprint density at radius 2 is 2.14 bits per heavy atom. The van der Waals surface area contributed by atoms with E-state index in [9.17, 15) is 0 Å². The number of nitrogen functional groups attached to an aromatic ring is 1. The molecule has 1 unspecified atom stereocenters. The van der Waals surface area contributed by atoms with E-state index in [1.807, 2.05) is 26.0 Å². The van der Waals surface area contributed by atoms with Crippen LogP contribution in [0.4, 0.5) is 5.82 Å². The number of anilines is 1. The molecule has 0 fully saturated rings. The van der Waals surface area contributed by atoms with Crippen LogP contribution in [0.25, 0.3) is 6.08 Å². The molecule has 0 saturated heterocycles. The minimum atomic E-state index is -0.334. The molecule has 4 nitrogen and oxygen atoms in total. The van der Waals surface area contributed by atoms with Gasteiger partial charge in [-0.3, -0.25) is 0 Å². The second-order valence-electron chi connectivity index (χ2n) is 4.04. The third-order valence-corrected chi connectivity index (χ3v) is 2.36. The number of hydrogen-bond donors (Lipinski definition) is 2. The van der Waals surface area contributed by atoms with Crippen LogP contribution in [-0.4, -0.2) is 15.5 Å². The van der Waals surface area contributed by atoms with E-state index in [1.54, 1.807) is 0 Å². The first-order valence-corrected chi connectivity index (χ1v) is 4.59. The Labute approximate surface area is 83.0 Å². The van der Waals surface area contributed by atoms with E-state index in [-0.39, 0.29) is 5.54 Å². The van der Waals surface area contributed by atoms with Gasteiger partial charge in [-0.2, -0.15) is 0 Å². The van der Waals surface area contributed by atoms with E-state index in [0.717, 1.165) is 11.3 Å². The van der Waals surface area contributed by atoms with Gasteiger partial charge in [-0.05, 0) is 26.3 Å². The maximum absolute atomic E-state index is 6.00. The fourth-order valence-corrected chi connectivity index (χ4v) is 1.67. The normalized spacial score (nSPS) is 24.8. The summed E-state index contributed by atoms with van der Waals surface area (Å²) in [6.45, 7) is 3.80. The molecule has 1 aromatic rings. The molecule has 0 bridgehead atoms. The molecule has 1 atom stereocenters. The Kier molecular flexibility index (Phi) is 1.82. The SMILES string of the molecule is Cc1nc(N)c2c(n1)C=CC(C)(N)C2. The van der Waals surface area contributed by atoms with Crippen molar-refractivity contribution < 1.29 is 0 Å². The fraction of sp³-hybridized carbons (Fsp3) is 0.400. The quantitative estimate of drug-likeness (QED) is 0.629. The summed E-state index contributed by atoms with van der Waals surface area (Å²) in [6.07, 6.45) is 4.58. The molecule has 74 valence electrons. The topological polar surface area (TPSA) is 77.8 Å². The molecule has 1 aliphatic rings. The summed E-state index contributed by atoms with van der Waals surface area (Å²) < 4.78 is 0. The van der Waals surface area contributed by atoms with Crippen LogP contribution in [0.5, 0.6) is 0 Å². The Morgan fingerprint density at radius 1 is 1.43 bits per heavy atom. The molecule has 0 aliphatic heterocycles. The van der Waals surface area contributed by atoms with Gasteiger partial charge in [0.1, 0.15) is 11.6 Å². The standard InChI is InChI=1S/C10H14N4/c1-6-13-8-3-4-10(2,12)5-7(8)9(11)14-6/h3-4H,5,12H2,1-2H3,(H2,11,13,14). The number of fused-ring (bicyclic) bond motifs is 1. The van der Waals surface area contributed by atoms with Crippen LogP contribution < -0.4 is 11.5 Å². The predicted octanol–water partition coefficient (Wildman–Crippen LogP) is 0.654. The molecule has 1 heterocycles. The van der Waals surface area contributed by atoms with Crippen molar-refractivity contribution in [1.82, 2.24) is 9.97 Å². The van der Waals surface area contributed by atoms with E-state index >= 15 is 0 Å². The second kappa shape index (κ2) is 2.78. The van der Waals surface area contributed by atoms with E-state index < -0.39 is 0 Å². The zero-order valence-corrected chi connectivity index (χ0v) is 8.41.